The molecule has 0 spiro atoms. The summed E-state index contributed by atoms with van der Waals surface area (Å²) >= 11 is 0. The second-order valence-corrected chi connectivity index (χ2v) is 5.71. The van der Waals surface area contributed by atoms with Gasteiger partial charge < -0.3 is 15.3 Å². The number of phenols is 1. The van der Waals surface area contributed by atoms with Crippen molar-refractivity contribution >= 4 is 17.5 Å². The lowest BCUT2D eigenvalue weighted by Crippen LogP contribution is -2.29. The topological polar surface area (TPSA) is 69.6 Å². The summed E-state index contributed by atoms with van der Waals surface area (Å²) < 4.78 is 0. The lowest BCUT2D eigenvalue weighted by molar-refractivity contribution is -0.127. The minimum Gasteiger partial charge on any atom is -0.508 e. The van der Waals surface area contributed by atoms with Crippen LogP contribution < -0.4 is 5.32 Å². The number of phenolic OH excluding ortho intramolecular Hbond substituents is 1. The van der Waals surface area contributed by atoms with Gasteiger partial charge in [0, 0.05) is 25.2 Å². The average molecular weight is 310 g/mol. The van der Waals surface area contributed by atoms with Crippen molar-refractivity contribution in [3.63, 3.8) is 0 Å². The molecule has 23 heavy (non-hydrogen) atoms. The maximum atomic E-state index is 12.6. The van der Waals surface area contributed by atoms with E-state index in [1.54, 1.807) is 24.1 Å². The van der Waals surface area contributed by atoms with Crippen molar-refractivity contribution < 1.29 is 14.7 Å². The molecule has 1 aliphatic heterocycles. The molecule has 1 heterocycles. The third kappa shape index (κ3) is 3.04. The van der Waals surface area contributed by atoms with Crippen LogP contribution in [0, 0.1) is 5.92 Å². The van der Waals surface area contributed by atoms with Crippen molar-refractivity contribution in [2.24, 2.45) is 5.92 Å². The number of rotatable bonds is 3. The van der Waals surface area contributed by atoms with Crippen LogP contribution in [0.15, 0.2) is 54.6 Å². The van der Waals surface area contributed by atoms with E-state index in [9.17, 15) is 14.7 Å². The van der Waals surface area contributed by atoms with Gasteiger partial charge in [-0.3, -0.25) is 9.59 Å². The molecule has 0 bridgehead atoms. The quantitative estimate of drug-likeness (QED) is 0.915. The second-order valence-electron chi connectivity index (χ2n) is 5.71. The number of hydrogen-bond acceptors (Lipinski definition) is 3. The van der Waals surface area contributed by atoms with Crippen LogP contribution in [0.25, 0.3) is 0 Å². The van der Waals surface area contributed by atoms with Crippen molar-refractivity contribution in [2.75, 3.05) is 12.4 Å². The predicted molar refractivity (Wildman–Crippen MR) is 86.8 cm³/mol. The smallest absolute Gasteiger partial charge is 0.230 e. The van der Waals surface area contributed by atoms with Gasteiger partial charge in [0.2, 0.25) is 11.8 Å². The minimum absolute atomic E-state index is 0.0464. The summed E-state index contributed by atoms with van der Waals surface area (Å²) in [5, 5.41) is 12.3. The zero-order chi connectivity index (χ0) is 16.4. The number of aromatic hydroxyl groups is 1. The Morgan fingerprint density at radius 2 is 1.91 bits per heavy atom. The van der Waals surface area contributed by atoms with Gasteiger partial charge in [-0.2, -0.15) is 0 Å². The maximum absolute atomic E-state index is 12.6. The molecule has 1 aliphatic rings. The normalized spacial score (nSPS) is 20.6. The highest BCUT2D eigenvalue weighted by Crippen LogP contribution is 2.37. The van der Waals surface area contributed by atoms with Crippen LogP contribution in [-0.4, -0.2) is 28.9 Å². The number of nitrogens with one attached hydrogen (secondary N) is 1. The highest BCUT2D eigenvalue weighted by Gasteiger charge is 2.42. The van der Waals surface area contributed by atoms with Crippen molar-refractivity contribution in [3.05, 3.63) is 60.2 Å². The SMILES string of the molecule is CN1C(=O)C[C@H](C(=O)Nc2cccc(O)c2)[C@@H]1c1ccccc1. The molecule has 2 aromatic rings. The van der Waals surface area contributed by atoms with Crippen LogP contribution in [0.4, 0.5) is 5.69 Å². The number of carbonyl (C=O) groups is 2. The highest BCUT2D eigenvalue weighted by molar-refractivity contribution is 5.98. The Bertz CT molecular complexity index is 730. The van der Waals surface area contributed by atoms with Crippen LogP contribution in [-0.2, 0) is 9.59 Å². The van der Waals surface area contributed by atoms with Crippen LogP contribution in [0.2, 0.25) is 0 Å². The van der Waals surface area contributed by atoms with Gasteiger partial charge in [-0.1, -0.05) is 36.4 Å². The fraction of sp³-hybridized carbons (Fsp3) is 0.222. The molecule has 0 aromatic heterocycles. The van der Waals surface area contributed by atoms with E-state index in [-0.39, 0.29) is 30.0 Å². The van der Waals surface area contributed by atoms with Crippen molar-refractivity contribution in [1.29, 1.82) is 0 Å². The lowest BCUT2D eigenvalue weighted by Gasteiger charge is -2.24. The van der Waals surface area contributed by atoms with E-state index in [1.807, 2.05) is 30.3 Å². The molecule has 0 radical (unpaired) electrons. The Labute approximate surface area is 134 Å². The Balaban J connectivity index is 1.84. The summed E-state index contributed by atoms with van der Waals surface area (Å²) in [5.41, 5.74) is 1.46. The summed E-state index contributed by atoms with van der Waals surface area (Å²) in [6.45, 7) is 0. The molecule has 0 unspecified atom stereocenters. The van der Waals surface area contributed by atoms with Gasteiger partial charge in [-0.15, -0.1) is 0 Å². The Hall–Kier alpha value is -2.82. The second kappa shape index (κ2) is 6.12. The van der Waals surface area contributed by atoms with E-state index in [4.69, 9.17) is 0 Å². The first kappa shape index (κ1) is 15.1. The fourth-order valence-corrected chi connectivity index (χ4v) is 3.03. The molecule has 5 heteroatoms. The molecule has 2 atom stereocenters. The number of amides is 2. The van der Waals surface area contributed by atoms with Gasteiger partial charge in [0.15, 0.2) is 0 Å². The van der Waals surface area contributed by atoms with Gasteiger partial charge in [0.1, 0.15) is 5.75 Å². The van der Waals surface area contributed by atoms with E-state index in [2.05, 4.69) is 5.32 Å². The number of anilines is 1. The van der Waals surface area contributed by atoms with Crippen LogP contribution in [0.3, 0.4) is 0 Å². The number of carbonyl (C=O) groups excluding carboxylic acids is 2. The molecule has 2 aromatic carbocycles. The molecule has 5 nitrogen and oxygen atoms in total. The summed E-state index contributed by atoms with van der Waals surface area (Å²) in [4.78, 5) is 26.3. The van der Waals surface area contributed by atoms with Gasteiger partial charge in [-0.25, -0.2) is 0 Å². The van der Waals surface area contributed by atoms with Gasteiger partial charge in [-0.05, 0) is 17.7 Å². The van der Waals surface area contributed by atoms with Crippen molar-refractivity contribution in [2.45, 2.75) is 12.5 Å². The third-order valence-electron chi connectivity index (χ3n) is 4.18. The first-order chi connectivity index (χ1) is 11.1. The largest absolute Gasteiger partial charge is 0.508 e. The van der Waals surface area contributed by atoms with Crippen LogP contribution in [0.1, 0.15) is 18.0 Å². The van der Waals surface area contributed by atoms with Gasteiger partial charge in [0.05, 0.1) is 12.0 Å². The third-order valence-corrected chi connectivity index (χ3v) is 4.18. The molecule has 2 amide bonds. The Morgan fingerprint density at radius 1 is 1.17 bits per heavy atom. The standard InChI is InChI=1S/C18H18N2O3/c1-20-16(22)11-15(17(20)12-6-3-2-4-7-12)18(23)19-13-8-5-9-14(21)10-13/h2-10,15,17,21H,11H2,1H3,(H,19,23)/t15-,17-/m0/s1. The van der Waals surface area contributed by atoms with Crippen molar-refractivity contribution in [3.8, 4) is 5.75 Å². The minimum atomic E-state index is -0.461. The summed E-state index contributed by atoms with van der Waals surface area (Å²) in [6.07, 6.45) is 0.181. The molecule has 0 aliphatic carbocycles. The fourth-order valence-electron chi connectivity index (χ4n) is 3.03. The van der Waals surface area contributed by atoms with Crippen LogP contribution >= 0.6 is 0 Å². The van der Waals surface area contributed by atoms with Gasteiger partial charge in [0.25, 0.3) is 0 Å². The molecule has 2 N–H and O–H groups in total. The molecule has 1 saturated heterocycles. The Morgan fingerprint density at radius 3 is 2.61 bits per heavy atom. The van der Waals surface area contributed by atoms with E-state index in [0.29, 0.717) is 5.69 Å². The van der Waals surface area contributed by atoms with E-state index in [0.717, 1.165) is 5.56 Å². The monoisotopic (exact) mass is 310 g/mol. The maximum Gasteiger partial charge on any atom is 0.230 e. The predicted octanol–water partition coefficient (Wildman–Crippen LogP) is 2.55. The molecule has 0 saturated carbocycles. The lowest BCUT2D eigenvalue weighted by atomic mass is 9.93. The van der Waals surface area contributed by atoms with Crippen molar-refractivity contribution in [1.82, 2.24) is 4.90 Å². The molecule has 1 fully saturated rings. The summed E-state index contributed by atoms with van der Waals surface area (Å²) in [6, 6.07) is 15.7. The van der Waals surface area contributed by atoms with E-state index in [1.165, 1.54) is 12.1 Å². The zero-order valence-electron chi connectivity index (χ0n) is 12.8. The number of hydrogen-bond donors (Lipinski definition) is 2. The van der Waals surface area contributed by atoms with E-state index < -0.39 is 5.92 Å². The molecular weight excluding hydrogens is 292 g/mol. The van der Waals surface area contributed by atoms with E-state index >= 15 is 0 Å². The Kier molecular flexibility index (Phi) is 4.02. The average Bonchev–Trinajstić information content (AvgIpc) is 2.84. The van der Waals surface area contributed by atoms with Gasteiger partial charge >= 0.3 is 0 Å². The molecule has 3 rings (SSSR count). The first-order valence-electron chi connectivity index (χ1n) is 7.47. The molecular formula is C18H18N2O3. The summed E-state index contributed by atoms with van der Waals surface area (Å²) in [5.74, 6) is -0.642. The number of likely N-dealkylation sites (tertiary alicyclic amines) is 1. The summed E-state index contributed by atoms with van der Waals surface area (Å²) in [7, 11) is 1.72. The number of nitrogens with zero attached hydrogens (tertiary/aromatic N) is 1. The highest BCUT2D eigenvalue weighted by atomic mass is 16.3. The first-order valence-corrected chi connectivity index (χ1v) is 7.47. The number of benzene rings is 2. The van der Waals surface area contributed by atoms with Crippen LogP contribution in [0.5, 0.6) is 5.75 Å². The molecule has 118 valence electrons. The zero-order valence-corrected chi connectivity index (χ0v) is 12.8.